The van der Waals surface area contributed by atoms with E-state index < -0.39 is 15.8 Å². The standard InChI is InChI=1S/C19H17N5O7/c1-30-17-4-2-3-5-18(17)31-16-9-13(8-14(10-16)23(26)27)21-19(25)6-7-22-12-15(11-20-22)24(28)29/h2-5,8-12H,6-7H2,1H3,(H,21,25). The highest BCUT2D eigenvalue weighted by Gasteiger charge is 2.15. The van der Waals surface area contributed by atoms with Crippen LogP contribution in [-0.4, -0.2) is 32.6 Å². The number of non-ortho nitro benzene ring substituents is 1. The predicted octanol–water partition coefficient (Wildman–Crippen LogP) is 3.53. The fraction of sp³-hybridized carbons (Fsp3) is 0.158. The molecule has 0 radical (unpaired) electrons. The summed E-state index contributed by atoms with van der Waals surface area (Å²) < 4.78 is 12.2. The minimum absolute atomic E-state index is 0.0514. The second-order valence-corrected chi connectivity index (χ2v) is 6.24. The number of aryl methyl sites for hydroxylation is 1. The minimum atomic E-state index is -0.604. The molecule has 0 aliphatic heterocycles. The molecule has 1 amide bonds. The third-order valence-corrected chi connectivity index (χ3v) is 4.08. The van der Waals surface area contributed by atoms with Crippen LogP contribution in [0.1, 0.15) is 6.42 Å². The van der Waals surface area contributed by atoms with E-state index in [-0.39, 0.29) is 35.8 Å². The number of benzene rings is 2. The van der Waals surface area contributed by atoms with Crippen molar-refractivity contribution < 1.29 is 24.1 Å². The molecule has 1 heterocycles. The van der Waals surface area contributed by atoms with E-state index in [0.717, 1.165) is 6.20 Å². The molecular weight excluding hydrogens is 410 g/mol. The van der Waals surface area contributed by atoms with Gasteiger partial charge < -0.3 is 14.8 Å². The summed E-state index contributed by atoms with van der Waals surface area (Å²) in [6.07, 6.45) is 2.24. The number of amides is 1. The summed E-state index contributed by atoms with van der Waals surface area (Å²) in [6, 6.07) is 10.7. The van der Waals surface area contributed by atoms with Gasteiger partial charge in [0.15, 0.2) is 11.5 Å². The monoisotopic (exact) mass is 427 g/mol. The summed E-state index contributed by atoms with van der Waals surface area (Å²) in [5, 5.41) is 28.3. The maximum atomic E-state index is 12.3. The van der Waals surface area contributed by atoms with E-state index in [9.17, 15) is 25.0 Å². The van der Waals surface area contributed by atoms with Crippen LogP contribution in [0.15, 0.2) is 54.9 Å². The number of carbonyl (C=O) groups is 1. The molecule has 2 aromatic carbocycles. The third kappa shape index (κ3) is 5.53. The van der Waals surface area contributed by atoms with E-state index in [1.165, 1.54) is 36.2 Å². The maximum absolute atomic E-state index is 12.3. The Kier molecular flexibility index (Phi) is 6.40. The van der Waals surface area contributed by atoms with Crippen molar-refractivity contribution in [3.05, 3.63) is 75.1 Å². The highest BCUT2D eigenvalue weighted by atomic mass is 16.6. The molecule has 0 saturated heterocycles. The Bertz CT molecular complexity index is 1130. The molecule has 0 fully saturated rings. The number of nitrogens with zero attached hydrogens (tertiary/aromatic N) is 4. The van der Waals surface area contributed by atoms with Crippen LogP contribution in [-0.2, 0) is 11.3 Å². The molecular formula is C19H17N5O7. The van der Waals surface area contributed by atoms with Crippen molar-refractivity contribution in [1.29, 1.82) is 0 Å². The molecule has 0 aliphatic carbocycles. The van der Waals surface area contributed by atoms with E-state index in [1.807, 2.05) is 0 Å². The van der Waals surface area contributed by atoms with Crippen molar-refractivity contribution in [3.63, 3.8) is 0 Å². The SMILES string of the molecule is COc1ccccc1Oc1cc(NC(=O)CCn2cc([N+](=O)[O-])cn2)cc([N+](=O)[O-])c1. The van der Waals surface area contributed by atoms with Crippen LogP contribution in [0.4, 0.5) is 17.1 Å². The average Bonchev–Trinajstić information content (AvgIpc) is 3.22. The van der Waals surface area contributed by atoms with Crippen molar-refractivity contribution in [1.82, 2.24) is 9.78 Å². The number of anilines is 1. The quantitative estimate of drug-likeness (QED) is 0.402. The molecule has 12 nitrogen and oxygen atoms in total. The zero-order chi connectivity index (χ0) is 22.4. The second kappa shape index (κ2) is 9.35. The lowest BCUT2D eigenvalue weighted by molar-refractivity contribution is -0.385. The van der Waals surface area contributed by atoms with Gasteiger partial charge in [0.2, 0.25) is 5.91 Å². The van der Waals surface area contributed by atoms with Gasteiger partial charge in [0.1, 0.15) is 18.1 Å². The van der Waals surface area contributed by atoms with Gasteiger partial charge in [-0.15, -0.1) is 0 Å². The first-order valence-electron chi connectivity index (χ1n) is 8.93. The number of aromatic nitrogens is 2. The van der Waals surface area contributed by atoms with Crippen LogP contribution >= 0.6 is 0 Å². The van der Waals surface area contributed by atoms with E-state index >= 15 is 0 Å². The number of nitro benzene ring substituents is 1. The lowest BCUT2D eigenvalue weighted by Gasteiger charge is -2.12. The Hall–Kier alpha value is -4.48. The van der Waals surface area contributed by atoms with Gasteiger partial charge in [-0.1, -0.05) is 12.1 Å². The molecule has 0 atom stereocenters. The fourth-order valence-electron chi connectivity index (χ4n) is 2.66. The molecule has 3 aromatic rings. The first-order valence-corrected chi connectivity index (χ1v) is 8.93. The second-order valence-electron chi connectivity index (χ2n) is 6.24. The Morgan fingerprint density at radius 1 is 1.10 bits per heavy atom. The first kappa shape index (κ1) is 21.2. The molecule has 31 heavy (non-hydrogen) atoms. The molecule has 0 aliphatic rings. The molecule has 0 saturated carbocycles. The number of para-hydroxylation sites is 2. The van der Waals surface area contributed by atoms with Crippen LogP contribution in [0.5, 0.6) is 17.2 Å². The van der Waals surface area contributed by atoms with Crippen molar-refractivity contribution in [2.45, 2.75) is 13.0 Å². The topological polar surface area (TPSA) is 152 Å². The molecule has 0 bridgehead atoms. The normalized spacial score (nSPS) is 10.4. The summed E-state index contributed by atoms with van der Waals surface area (Å²) in [5.74, 6) is 0.467. The first-order chi connectivity index (χ1) is 14.9. The number of ether oxygens (including phenoxy) is 2. The highest BCUT2D eigenvalue weighted by molar-refractivity contribution is 5.91. The van der Waals surface area contributed by atoms with Crippen LogP contribution in [0.3, 0.4) is 0 Å². The van der Waals surface area contributed by atoms with Gasteiger partial charge in [-0.05, 0) is 12.1 Å². The van der Waals surface area contributed by atoms with Gasteiger partial charge in [-0.25, -0.2) is 0 Å². The van der Waals surface area contributed by atoms with Gasteiger partial charge in [0.05, 0.1) is 28.7 Å². The van der Waals surface area contributed by atoms with E-state index in [4.69, 9.17) is 9.47 Å². The lowest BCUT2D eigenvalue weighted by Crippen LogP contribution is -2.15. The van der Waals surface area contributed by atoms with Crippen molar-refractivity contribution in [2.24, 2.45) is 0 Å². The summed E-state index contributed by atoms with van der Waals surface area (Å²) in [6.45, 7) is 0.0964. The molecule has 1 N–H and O–H groups in total. The molecule has 0 spiro atoms. The summed E-state index contributed by atoms with van der Waals surface area (Å²) >= 11 is 0. The van der Waals surface area contributed by atoms with E-state index in [0.29, 0.717) is 11.5 Å². The van der Waals surface area contributed by atoms with E-state index in [1.54, 1.807) is 24.3 Å². The fourth-order valence-corrected chi connectivity index (χ4v) is 2.66. The van der Waals surface area contributed by atoms with Crippen molar-refractivity contribution in [2.75, 3.05) is 12.4 Å². The Labute approximate surface area is 175 Å². The van der Waals surface area contributed by atoms with Gasteiger partial charge >= 0.3 is 5.69 Å². The Balaban J connectivity index is 1.73. The third-order valence-electron chi connectivity index (χ3n) is 4.08. The Morgan fingerprint density at radius 3 is 2.45 bits per heavy atom. The average molecular weight is 427 g/mol. The van der Waals surface area contributed by atoms with Crippen molar-refractivity contribution >= 4 is 23.0 Å². The zero-order valence-electron chi connectivity index (χ0n) is 16.3. The van der Waals surface area contributed by atoms with Gasteiger partial charge in [-0.2, -0.15) is 5.10 Å². The number of carbonyl (C=O) groups excluding carboxylic acids is 1. The number of methoxy groups -OCH3 is 1. The van der Waals surface area contributed by atoms with Gasteiger partial charge in [-0.3, -0.25) is 29.7 Å². The van der Waals surface area contributed by atoms with Gasteiger partial charge in [0.25, 0.3) is 5.69 Å². The summed E-state index contributed by atoms with van der Waals surface area (Å²) in [5.41, 5.74) is -0.293. The highest BCUT2D eigenvalue weighted by Crippen LogP contribution is 2.34. The lowest BCUT2D eigenvalue weighted by atomic mass is 10.2. The minimum Gasteiger partial charge on any atom is -0.493 e. The number of nitro groups is 2. The van der Waals surface area contributed by atoms with Crippen LogP contribution < -0.4 is 14.8 Å². The number of hydrogen-bond acceptors (Lipinski definition) is 8. The predicted molar refractivity (Wildman–Crippen MR) is 108 cm³/mol. The van der Waals surface area contributed by atoms with Crippen LogP contribution in [0.2, 0.25) is 0 Å². The molecule has 1 aromatic heterocycles. The zero-order valence-corrected chi connectivity index (χ0v) is 16.3. The number of nitrogens with one attached hydrogen (secondary N) is 1. The molecule has 3 rings (SSSR count). The smallest absolute Gasteiger partial charge is 0.306 e. The van der Waals surface area contributed by atoms with Gasteiger partial charge in [0, 0.05) is 25.1 Å². The van der Waals surface area contributed by atoms with Crippen LogP contribution in [0, 0.1) is 20.2 Å². The summed E-state index contributed by atoms with van der Waals surface area (Å²) in [7, 11) is 1.47. The maximum Gasteiger partial charge on any atom is 0.306 e. The Morgan fingerprint density at radius 2 is 1.81 bits per heavy atom. The molecule has 160 valence electrons. The summed E-state index contributed by atoms with van der Waals surface area (Å²) in [4.78, 5) is 33.0. The van der Waals surface area contributed by atoms with E-state index in [2.05, 4.69) is 10.4 Å². The van der Waals surface area contributed by atoms with Crippen molar-refractivity contribution in [3.8, 4) is 17.2 Å². The van der Waals surface area contributed by atoms with Crippen LogP contribution in [0.25, 0.3) is 0 Å². The number of rotatable bonds is 9. The number of hydrogen-bond donors (Lipinski definition) is 1. The molecule has 12 heteroatoms. The molecule has 0 unspecified atom stereocenters. The largest absolute Gasteiger partial charge is 0.493 e.